The number of nitrogens with one attached hydrogen (secondary N) is 1. The molecule has 2 heterocycles. The SMILES string of the molecule is CC(C)CNCc1csc(N(C)Cc2ccsc2)n1. The number of rotatable bonds is 7. The summed E-state index contributed by atoms with van der Waals surface area (Å²) in [4.78, 5) is 6.88. The van der Waals surface area contributed by atoms with Gasteiger partial charge in [-0.15, -0.1) is 11.3 Å². The normalized spacial score (nSPS) is 11.2. The Bertz CT molecular complexity index is 477. The van der Waals surface area contributed by atoms with E-state index in [1.165, 1.54) is 5.56 Å². The lowest BCUT2D eigenvalue weighted by Crippen LogP contribution is -2.19. The molecule has 2 aromatic rings. The second kappa shape index (κ2) is 7.03. The minimum absolute atomic E-state index is 0.680. The highest BCUT2D eigenvalue weighted by Crippen LogP contribution is 2.21. The summed E-state index contributed by atoms with van der Waals surface area (Å²) in [6.07, 6.45) is 0. The lowest BCUT2D eigenvalue weighted by atomic mass is 10.2. The average Bonchev–Trinajstić information content (AvgIpc) is 2.99. The lowest BCUT2D eigenvalue weighted by Gasteiger charge is -2.14. The molecule has 0 aliphatic rings. The van der Waals surface area contributed by atoms with Gasteiger partial charge >= 0.3 is 0 Å². The Morgan fingerprint density at radius 2 is 2.21 bits per heavy atom. The molecule has 0 aromatic carbocycles. The standard InChI is InChI=1S/C14H21N3S2/c1-11(2)6-15-7-13-10-19-14(16-13)17(3)8-12-4-5-18-9-12/h4-5,9-11,15H,6-8H2,1-3H3. The van der Waals surface area contributed by atoms with Crippen LogP contribution in [-0.2, 0) is 13.1 Å². The molecule has 0 fully saturated rings. The topological polar surface area (TPSA) is 28.2 Å². The van der Waals surface area contributed by atoms with Gasteiger partial charge in [-0.1, -0.05) is 13.8 Å². The van der Waals surface area contributed by atoms with Crippen molar-refractivity contribution in [2.24, 2.45) is 5.92 Å². The summed E-state index contributed by atoms with van der Waals surface area (Å²) in [5.74, 6) is 0.680. The average molecular weight is 295 g/mol. The maximum atomic E-state index is 4.67. The van der Waals surface area contributed by atoms with Crippen molar-refractivity contribution < 1.29 is 0 Å². The van der Waals surface area contributed by atoms with E-state index in [1.54, 1.807) is 22.7 Å². The first-order valence-corrected chi connectivity index (χ1v) is 8.34. The predicted octanol–water partition coefficient (Wildman–Crippen LogP) is 3.59. The fourth-order valence-electron chi connectivity index (χ4n) is 1.77. The number of nitrogens with zero attached hydrogens (tertiary/aromatic N) is 2. The maximum absolute atomic E-state index is 4.67. The van der Waals surface area contributed by atoms with Gasteiger partial charge in [0.15, 0.2) is 5.13 Å². The molecule has 2 aromatic heterocycles. The molecule has 19 heavy (non-hydrogen) atoms. The Morgan fingerprint density at radius 3 is 2.89 bits per heavy atom. The molecule has 5 heteroatoms. The van der Waals surface area contributed by atoms with E-state index in [0.717, 1.165) is 30.5 Å². The Labute approximate surface area is 123 Å². The van der Waals surface area contributed by atoms with Crippen molar-refractivity contribution in [2.45, 2.75) is 26.9 Å². The van der Waals surface area contributed by atoms with Gasteiger partial charge in [-0.05, 0) is 34.9 Å². The zero-order valence-corrected chi connectivity index (χ0v) is 13.4. The molecule has 0 bridgehead atoms. The van der Waals surface area contributed by atoms with E-state index >= 15 is 0 Å². The zero-order valence-electron chi connectivity index (χ0n) is 11.7. The highest BCUT2D eigenvalue weighted by atomic mass is 32.1. The van der Waals surface area contributed by atoms with E-state index in [2.05, 4.69) is 58.3 Å². The van der Waals surface area contributed by atoms with Crippen LogP contribution >= 0.6 is 22.7 Å². The van der Waals surface area contributed by atoms with Crippen LogP contribution in [0.2, 0.25) is 0 Å². The third kappa shape index (κ3) is 4.60. The monoisotopic (exact) mass is 295 g/mol. The number of thiazole rings is 1. The van der Waals surface area contributed by atoms with Crippen LogP contribution < -0.4 is 10.2 Å². The Kier molecular flexibility index (Phi) is 5.36. The van der Waals surface area contributed by atoms with Crippen LogP contribution in [-0.4, -0.2) is 18.6 Å². The summed E-state index contributed by atoms with van der Waals surface area (Å²) in [7, 11) is 2.10. The Morgan fingerprint density at radius 1 is 1.37 bits per heavy atom. The molecular formula is C14H21N3S2. The number of hydrogen-bond donors (Lipinski definition) is 1. The smallest absolute Gasteiger partial charge is 0.185 e. The minimum Gasteiger partial charge on any atom is -0.347 e. The minimum atomic E-state index is 0.680. The summed E-state index contributed by atoms with van der Waals surface area (Å²) >= 11 is 3.46. The number of anilines is 1. The van der Waals surface area contributed by atoms with Gasteiger partial charge in [0.1, 0.15) is 0 Å². The van der Waals surface area contributed by atoms with Crippen LogP contribution in [0.4, 0.5) is 5.13 Å². The van der Waals surface area contributed by atoms with Crippen LogP contribution in [0.15, 0.2) is 22.2 Å². The molecule has 0 atom stereocenters. The number of hydrogen-bond acceptors (Lipinski definition) is 5. The van der Waals surface area contributed by atoms with Crippen LogP contribution in [0.25, 0.3) is 0 Å². The fourth-order valence-corrected chi connectivity index (χ4v) is 3.22. The largest absolute Gasteiger partial charge is 0.347 e. The summed E-state index contributed by atoms with van der Waals surface area (Å²) < 4.78 is 0. The van der Waals surface area contributed by atoms with Crippen molar-refractivity contribution in [3.8, 4) is 0 Å². The van der Waals surface area contributed by atoms with Gasteiger partial charge in [0.05, 0.1) is 5.69 Å². The molecule has 0 saturated carbocycles. The number of aromatic nitrogens is 1. The Hall–Kier alpha value is -0.910. The number of thiophene rings is 1. The van der Waals surface area contributed by atoms with Gasteiger partial charge in [-0.2, -0.15) is 11.3 Å². The van der Waals surface area contributed by atoms with Crippen LogP contribution in [0.5, 0.6) is 0 Å². The van der Waals surface area contributed by atoms with E-state index in [0.29, 0.717) is 5.92 Å². The molecule has 0 radical (unpaired) electrons. The molecule has 0 spiro atoms. The predicted molar refractivity (Wildman–Crippen MR) is 85.1 cm³/mol. The first-order valence-electron chi connectivity index (χ1n) is 6.52. The molecule has 0 unspecified atom stereocenters. The molecule has 104 valence electrons. The molecule has 0 saturated heterocycles. The van der Waals surface area contributed by atoms with Crippen molar-refractivity contribution in [3.63, 3.8) is 0 Å². The van der Waals surface area contributed by atoms with Crippen molar-refractivity contribution in [3.05, 3.63) is 33.5 Å². The van der Waals surface area contributed by atoms with E-state index < -0.39 is 0 Å². The molecule has 1 N–H and O–H groups in total. The zero-order chi connectivity index (χ0) is 13.7. The van der Waals surface area contributed by atoms with Crippen molar-refractivity contribution in [1.29, 1.82) is 0 Å². The van der Waals surface area contributed by atoms with Crippen LogP contribution in [0, 0.1) is 5.92 Å². The van der Waals surface area contributed by atoms with Gasteiger partial charge in [0.25, 0.3) is 0 Å². The first-order chi connectivity index (χ1) is 9.15. The molecule has 3 nitrogen and oxygen atoms in total. The van der Waals surface area contributed by atoms with Crippen LogP contribution in [0.3, 0.4) is 0 Å². The van der Waals surface area contributed by atoms with E-state index in [-0.39, 0.29) is 0 Å². The quantitative estimate of drug-likeness (QED) is 0.846. The Balaban J connectivity index is 1.85. The van der Waals surface area contributed by atoms with E-state index in [4.69, 9.17) is 0 Å². The van der Waals surface area contributed by atoms with Crippen molar-refractivity contribution in [1.82, 2.24) is 10.3 Å². The molecule has 0 aliphatic heterocycles. The highest BCUT2D eigenvalue weighted by molar-refractivity contribution is 7.13. The lowest BCUT2D eigenvalue weighted by molar-refractivity contribution is 0.549. The second-order valence-electron chi connectivity index (χ2n) is 5.13. The molecular weight excluding hydrogens is 274 g/mol. The van der Waals surface area contributed by atoms with Crippen molar-refractivity contribution in [2.75, 3.05) is 18.5 Å². The van der Waals surface area contributed by atoms with E-state index in [9.17, 15) is 0 Å². The van der Waals surface area contributed by atoms with E-state index in [1.807, 2.05) is 0 Å². The second-order valence-corrected chi connectivity index (χ2v) is 6.75. The maximum Gasteiger partial charge on any atom is 0.185 e. The summed E-state index contributed by atoms with van der Waals surface area (Å²) in [5, 5.41) is 11.0. The fraction of sp³-hybridized carbons (Fsp3) is 0.500. The van der Waals surface area contributed by atoms with Crippen molar-refractivity contribution >= 4 is 27.8 Å². The van der Waals surface area contributed by atoms with Gasteiger partial charge in [-0.25, -0.2) is 4.98 Å². The third-order valence-corrected chi connectivity index (χ3v) is 4.46. The molecule has 0 amide bonds. The third-order valence-electron chi connectivity index (χ3n) is 2.72. The van der Waals surface area contributed by atoms with Gasteiger partial charge in [0, 0.05) is 25.5 Å². The summed E-state index contributed by atoms with van der Waals surface area (Å²) in [5.41, 5.74) is 2.49. The summed E-state index contributed by atoms with van der Waals surface area (Å²) in [6, 6.07) is 2.17. The highest BCUT2D eigenvalue weighted by Gasteiger charge is 2.08. The first kappa shape index (κ1) is 14.5. The van der Waals surface area contributed by atoms with Gasteiger partial charge in [-0.3, -0.25) is 0 Å². The van der Waals surface area contributed by atoms with Gasteiger partial charge < -0.3 is 10.2 Å². The molecule has 2 rings (SSSR count). The molecule has 0 aliphatic carbocycles. The summed E-state index contributed by atoms with van der Waals surface area (Å²) in [6.45, 7) is 7.26. The van der Waals surface area contributed by atoms with Gasteiger partial charge in [0.2, 0.25) is 0 Å². The van der Waals surface area contributed by atoms with Crippen LogP contribution in [0.1, 0.15) is 25.1 Å².